The molecule has 0 bridgehead atoms. The first-order valence-corrected chi connectivity index (χ1v) is 8.84. The molecule has 0 saturated heterocycles. The van der Waals surface area contributed by atoms with Crippen LogP contribution in [0, 0.1) is 6.92 Å². The Kier molecular flexibility index (Phi) is 2.64. The molecule has 0 N–H and O–H groups in total. The molecule has 0 radical (unpaired) electrons. The highest BCUT2D eigenvalue weighted by Gasteiger charge is 2.45. The third-order valence-electron chi connectivity index (χ3n) is 5.20. The van der Waals surface area contributed by atoms with E-state index in [1.807, 2.05) is 0 Å². The minimum absolute atomic E-state index is 0.107. The Bertz CT molecular complexity index is 665. The molecule has 100 valence electrons. The van der Waals surface area contributed by atoms with E-state index < -0.39 is 0 Å². The lowest BCUT2D eigenvalue weighted by Crippen LogP contribution is -2.32. The van der Waals surface area contributed by atoms with E-state index in [0.717, 1.165) is 0 Å². The highest BCUT2D eigenvalue weighted by atomic mass is 31.1. The molecule has 0 aliphatic carbocycles. The van der Waals surface area contributed by atoms with E-state index in [2.05, 4.69) is 71.6 Å². The molecule has 2 aromatic rings. The molecule has 1 unspecified atom stereocenters. The first-order chi connectivity index (χ1) is 8.78. The average molecular weight is 270 g/mol. The van der Waals surface area contributed by atoms with Crippen molar-refractivity contribution in [1.29, 1.82) is 0 Å². The standard InChI is InChI=1S/C18H23P/c1-12-10-11-13-8-7-9-14-15(13)16(12)18(4,5)19(6)17(14,2)3/h7-11H,1-6H3. The molecule has 0 nitrogen and oxygen atoms in total. The molecular formula is C18H23P. The summed E-state index contributed by atoms with van der Waals surface area (Å²) in [5.74, 6) is 0. The summed E-state index contributed by atoms with van der Waals surface area (Å²) in [5.41, 5.74) is 4.60. The topological polar surface area (TPSA) is 0 Å². The molecule has 0 amide bonds. The minimum Gasteiger partial charge on any atom is -0.0891 e. The molecular weight excluding hydrogens is 247 g/mol. The maximum atomic E-state index is 2.48. The normalized spacial score (nSPS) is 23.6. The van der Waals surface area contributed by atoms with E-state index >= 15 is 0 Å². The third-order valence-corrected chi connectivity index (χ3v) is 9.02. The summed E-state index contributed by atoms with van der Waals surface area (Å²) in [4.78, 5) is 0. The lowest BCUT2D eigenvalue weighted by molar-refractivity contribution is 0.672. The summed E-state index contributed by atoms with van der Waals surface area (Å²) < 4.78 is 0. The largest absolute Gasteiger partial charge is 0.0891 e. The van der Waals surface area contributed by atoms with Crippen LogP contribution in [0.2, 0.25) is 0 Å². The predicted molar refractivity (Wildman–Crippen MR) is 87.6 cm³/mol. The van der Waals surface area contributed by atoms with Gasteiger partial charge in [-0.3, -0.25) is 0 Å². The molecule has 0 aromatic heterocycles. The SMILES string of the molecule is Cc1ccc2cccc3c2c1C(C)(C)P(C)C3(C)C. The van der Waals surface area contributed by atoms with Gasteiger partial charge in [-0.25, -0.2) is 0 Å². The van der Waals surface area contributed by atoms with E-state index in [0.29, 0.717) is 5.16 Å². The zero-order valence-electron chi connectivity index (χ0n) is 12.8. The Balaban J connectivity index is 2.56. The summed E-state index contributed by atoms with van der Waals surface area (Å²) in [6.07, 6.45) is 0. The van der Waals surface area contributed by atoms with Gasteiger partial charge in [0, 0.05) is 10.3 Å². The third kappa shape index (κ3) is 1.56. The van der Waals surface area contributed by atoms with Crippen molar-refractivity contribution in [2.45, 2.75) is 44.9 Å². The highest BCUT2D eigenvalue weighted by molar-refractivity contribution is 7.59. The number of benzene rings is 2. The van der Waals surface area contributed by atoms with Crippen LogP contribution in [0.3, 0.4) is 0 Å². The van der Waals surface area contributed by atoms with Gasteiger partial charge in [-0.2, -0.15) is 0 Å². The monoisotopic (exact) mass is 270 g/mol. The summed E-state index contributed by atoms with van der Waals surface area (Å²) >= 11 is 0. The fraction of sp³-hybridized carbons (Fsp3) is 0.444. The molecule has 1 heterocycles. The van der Waals surface area contributed by atoms with Crippen LogP contribution in [0.25, 0.3) is 10.8 Å². The van der Waals surface area contributed by atoms with Gasteiger partial charge in [0.05, 0.1) is 0 Å². The molecule has 1 aliphatic rings. The molecule has 3 rings (SSSR count). The van der Waals surface area contributed by atoms with Crippen molar-refractivity contribution in [3.8, 4) is 0 Å². The Labute approximate surface area is 118 Å². The van der Waals surface area contributed by atoms with Gasteiger partial charge < -0.3 is 0 Å². The van der Waals surface area contributed by atoms with Gasteiger partial charge in [0.1, 0.15) is 0 Å². The lowest BCUT2D eigenvalue weighted by Gasteiger charge is -2.49. The van der Waals surface area contributed by atoms with Gasteiger partial charge in [-0.1, -0.05) is 65.9 Å². The Hall–Kier alpha value is -0.870. The van der Waals surface area contributed by atoms with Crippen LogP contribution in [-0.2, 0) is 10.3 Å². The average Bonchev–Trinajstić information content (AvgIpc) is 2.35. The molecule has 19 heavy (non-hydrogen) atoms. The smallest absolute Gasteiger partial charge is 0.0112 e. The molecule has 0 fully saturated rings. The van der Waals surface area contributed by atoms with Crippen LogP contribution < -0.4 is 0 Å². The molecule has 0 spiro atoms. The van der Waals surface area contributed by atoms with Gasteiger partial charge in [0.25, 0.3) is 0 Å². The second-order valence-electron chi connectivity index (χ2n) is 6.84. The van der Waals surface area contributed by atoms with E-state index in [1.54, 1.807) is 11.1 Å². The van der Waals surface area contributed by atoms with Crippen LogP contribution in [-0.4, -0.2) is 6.66 Å². The fourth-order valence-corrected chi connectivity index (χ4v) is 6.40. The van der Waals surface area contributed by atoms with Gasteiger partial charge in [0.15, 0.2) is 0 Å². The van der Waals surface area contributed by atoms with Gasteiger partial charge >= 0.3 is 0 Å². The van der Waals surface area contributed by atoms with Crippen molar-refractivity contribution >= 4 is 18.7 Å². The van der Waals surface area contributed by atoms with E-state index in [1.165, 1.54) is 16.3 Å². The van der Waals surface area contributed by atoms with Crippen LogP contribution in [0.4, 0.5) is 0 Å². The van der Waals surface area contributed by atoms with Crippen LogP contribution in [0.5, 0.6) is 0 Å². The van der Waals surface area contributed by atoms with Gasteiger partial charge in [0.2, 0.25) is 0 Å². The van der Waals surface area contributed by atoms with E-state index in [-0.39, 0.29) is 13.1 Å². The Morgan fingerprint density at radius 3 is 2.26 bits per heavy atom. The first kappa shape index (κ1) is 13.1. The first-order valence-electron chi connectivity index (χ1n) is 7.05. The molecule has 0 saturated carbocycles. The highest BCUT2D eigenvalue weighted by Crippen LogP contribution is 2.70. The van der Waals surface area contributed by atoms with Crippen molar-refractivity contribution in [3.05, 3.63) is 47.0 Å². The summed E-state index contributed by atoms with van der Waals surface area (Å²) in [6, 6.07) is 11.4. The van der Waals surface area contributed by atoms with Crippen LogP contribution >= 0.6 is 7.92 Å². The van der Waals surface area contributed by atoms with Crippen molar-refractivity contribution in [2.24, 2.45) is 0 Å². The van der Waals surface area contributed by atoms with Gasteiger partial charge in [-0.05, 0) is 41.1 Å². The van der Waals surface area contributed by atoms with E-state index in [9.17, 15) is 0 Å². The number of aryl methyl sites for hydroxylation is 1. The molecule has 1 atom stereocenters. The molecule has 1 heteroatoms. The van der Waals surface area contributed by atoms with Crippen LogP contribution in [0.15, 0.2) is 30.3 Å². The zero-order valence-corrected chi connectivity index (χ0v) is 13.7. The summed E-state index contributed by atoms with van der Waals surface area (Å²) in [6.45, 7) is 14.5. The zero-order chi connectivity index (χ0) is 14.0. The molecule has 2 aromatic carbocycles. The maximum absolute atomic E-state index is 2.48. The summed E-state index contributed by atoms with van der Waals surface area (Å²) in [5, 5.41) is 3.51. The second-order valence-corrected chi connectivity index (χ2v) is 10.2. The van der Waals surface area contributed by atoms with Crippen molar-refractivity contribution in [2.75, 3.05) is 6.66 Å². The minimum atomic E-state index is -0.107. The van der Waals surface area contributed by atoms with Crippen molar-refractivity contribution in [1.82, 2.24) is 0 Å². The number of hydrogen-bond acceptors (Lipinski definition) is 0. The fourth-order valence-electron chi connectivity index (χ4n) is 3.83. The Morgan fingerprint density at radius 2 is 1.58 bits per heavy atom. The lowest BCUT2D eigenvalue weighted by atomic mass is 9.84. The molecule has 1 aliphatic heterocycles. The van der Waals surface area contributed by atoms with Gasteiger partial charge in [-0.15, -0.1) is 0 Å². The summed E-state index contributed by atoms with van der Waals surface area (Å²) in [7, 11) is -0.107. The number of rotatable bonds is 0. The number of hydrogen-bond donors (Lipinski definition) is 0. The van der Waals surface area contributed by atoms with E-state index in [4.69, 9.17) is 0 Å². The van der Waals surface area contributed by atoms with Crippen molar-refractivity contribution in [3.63, 3.8) is 0 Å². The Morgan fingerprint density at radius 1 is 0.895 bits per heavy atom. The second kappa shape index (κ2) is 3.83. The maximum Gasteiger partial charge on any atom is 0.0112 e. The van der Waals surface area contributed by atoms with Crippen LogP contribution in [0.1, 0.15) is 44.4 Å². The van der Waals surface area contributed by atoms with Crippen molar-refractivity contribution < 1.29 is 0 Å². The quantitative estimate of drug-likeness (QED) is 0.535. The predicted octanol–water partition coefficient (Wildman–Crippen LogP) is 5.74.